The van der Waals surface area contributed by atoms with Crippen molar-refractivity contribution in [3.63, 3.8) is 0 Å². The fraction of sp³-hybridized carbons (Fsp3) is 0.480. The van der Waals surface area contributed by atoms with Crippen molar-refractivity contribution in [2.24, 2.45) is 5.41 Å². The van der Waals surface area contributed by atoms with Crippen LogP contribution >= 0.6 is 0 Å². The Morgan fingerprint density at radius 2 is 1.81 bits per heavy atom. The number of nitrogens with zero attached hydrogens (tertiary/aromatic N) is 1. The van der Waals surface area contributed by atoms with Gasteiger partial charge in [0.2, 0.25) is 5.91 Å². The smallest absolute Gasteiger partial charge is 0.496 e. The fourth-order valence-electron chi connectivity index (χ4n) is 4.69. The Labute approximate surface area is 188 Å². The first kappa shape index (κ1) is 23.4. The second-order valence-corrected chi connectivity index (χ2v) is 8.38. The van der Waals surface area contributed by atoms with Gasteiger partial charge in [0, 0.05) is 44.0 Å². The van der Waals surface area contributed by atoms with E-state index in [0.29, 0.717) is 61.4 Å². The summed E-state index contributed by atoms with van der Waals surface area (Å²) in [4.78, 5) is 39.1. The van der Waals surface area contributed by atoms with E-state index in [-0.39, 0.29) is 17.1 Å². The van der Waals surface area contributed by atoms with Crippen molar-refractivity contribution in [2.75, 3.05) is 27.3 Å². The molecule has 7 nitrogen and oxygen atoms in total. The van der Waals surface area contributed by atoms with Gasteiger partial charge in [-0.05, 0) is 49.8 Å². The van der Waals surface area contributed by atoms with Crippen LogP contribution in [-0.4, -0.2) is 50.1 Å². The Morgan fingerprint density at radius 1 is 1.12 bits per heavy atom. The minimum absolute atomic E-state index is 0.0277. The predicted molar refractivity (Wildman–Crippen MR) is 119 cm³/mol. The van der Waals surface area contributed by atoms with Gasteiger partial charge in [-0.2, -0.15) is 0 Å². The standard InChI is InChI=1S/C25H29NO6/c1-6-7-18-12-16(2)22(20(13-18)30-4)23-19(28)14-25(15-21(23)32-24(29)31-5)8-10-26(11-9-25)17(3)27/h12-13H,8-11,14-15H2,1-5H3. The molecule has 1 amide bonds. The number of aryl methyl sites for hydroxylation is 1. The number of likely N-dealkylation sites (tertiary alicyclic amines) is 1. The van der Waals surface area contributed by atoms with Gasteiger partial charge in [0.05, 0.1) is 19.8 Å². The van der Waals surface area contributed by atoms with Gasteiger partial charge >= 0.3 is 6.16 Å². The van der Waals surface area contributed by atoms with Crippen LogP contribution in [-0.2, 0) is 19.1 Å². The topological polar surface area (TPSA) is 82.1 Å². The van der Waals surface area contributed by atoms with E-state index in [2.05, 4.69) is 11.8 Å². The number of ether oxygens (including phenoxy) is 3. The van der Waals surface area contributed by atoms with Gasteiger partial charge in [-0.25, -0.2) is 4.79 Å². The van der Waals surface area contributed by atoms with E-state index in [0.717, 1.165) is 11.1 Å². The first-order valence-electron chi connectivity index (χ1n) is 10.6. The molecule has 3 rings (SSSR count). The van der Waals surface area contributed by atoms with Crippen LogP contribution < -0.4 is 4.74 Å². The number of ketones is 1. The molecule has 0 atom stereocenters. The zero-order valence-corrected chi connectivity index (χ0v) is 19.3. The summed E-state index contributed by atoms with van der Waals surface area (Å²) in [5.74, 6) is 6.58. The summed E-state index contributed by atoms with van der Waals surface area (Å²) in [5.41, 5.74) is 2.18. The quantitative estimate of drug-likeness (QED) is 0.525. The lowest BCUT2D eigenvalue weighted by Gasteiger charge is -2.44. The number of carbonyl (C=O) groups is 3. The molecule has 0 saturated carbocycles. The van der Waals surface area contributed by atoms with Crippen LogP contribution in [0.2, 0.25) is 0 Å². The van der Waals surface area contributed by atoms with E-state index in [1.807, 2.05) is 13.0 Å². The van der Waals surface area contributed by atoms with Crippen LogP contribution in [0.1, 0.15) is 56.2 Å². The van der Waals surface area contributed by atoms with Crippen molar-refractivity contribution in [3.8, 4) is 17.6 Å². The number of carbonyl (C=O) groups excluding carboxylic acids is 3. The molecule has 170 valence electrons. The average Bonchev–Trinajstić information content (AvgIpc) is 2.74. The van der Waals surface area contributed by atoms with Crippen LogP contribution in [0.25, 0.3) is 5.57 Å². The second kappa shape index (κ2) is 9.47. The number of Topliss-reactive ketones (excluding diaryl/α,β-unsaturated/α-hetero) is 1. The highest BCUT2D eigenvalue weighted by molar-refractivity contribution is 6.23. The first-order valence-corrected chi connectivity index (χ1v) is 10.6. The zero-order chi connectivity index (χ0) is 23.5. The zero-order valence-electron chi connectivity index (χ0n) is 19.3. The number of methoxy groups -OCH3 is 2. The van der Waals surface area contributed by atoms with Crippen LogP contribution in [0, 0.1) is 24.2 Å². The SMILES string of the molecule is CC#Cc1cc(C)c(C2=C(OC(=O)OC)CC3(CCN(C(C)=O)CC3)CC2=O)c(OC)c1. The lowest BCUT2D eigenvalue weighted by Crippen LogP contribution is -2.45. The molecule has 0 N–H and O–H groups in total. The molecule has 0 bridgehead atoms. The van der Waals surface area contributed by atoms with E-state index in [1.165, 1.54) is 14.2 Å². The Hall–Kier alpha value is -3.27. The summed E-state index contributed by atoms with van der Waals surface area (Å²) in [6.45, 7) is 6.34. The van der Waals surface area contributed by atoms with Crippen LogP contribution in [0.5, 0.6) is 5.75 Å². The van der Waals surface area contributed by atoms with Crippen molar-refractivity contribution in [2.45, 2.75) is 46.5 Å². The van der Waals surface area contributed by atoms with Gasteiger partial charge in [-0.3, -0.25) is 9.59 Å². The maximum absolute atomic E-state index is 13.5. The highest BCUT2D eigenvalue weighted by Crippen LogP contribution is 2.49. The molecule has 0 unspecified atom stereocenters. The summed E-state index contributed by atoms with van der Waals surface area (Å²) in [7, 11) is 2.77. The van der Waals surface area contributed by atoms with E-state index in [4.69, 9.17) is 14.2 Å². The monoisotopic (exact) mass is 439 g/mol. The Bertz CT molecular complexity index is 1030. The molecule has 1 aromatic carbocycles. The number of rotatable bonds is 3. The first-order chi connectivity index (χ1) is 15.2. The van der Waals surface area contributed by atoms with Crippen LogP contribution in [0.4, 0.5) is 4.79 Å². The summed E-state index contributed by atoms with van der Waals surface area (Å²) in [6.07, 6.45) is 1.20. The van der Waals surface area contributed by atoms with Crippen molar-refractivity contribution >= 4 is 23.4 Å². The molecule has 1 fully saturated rings. The molecule has 7 heteroatoms. The molecule has 1 saturated heterocycles. The molecular formula is C25H29NO6. The van der Waals surface area contributed by atoms with Gasteiger partial charge in [0.15, 0.2) is 5.78 Å². The Kier molecular flexibility index (Phi) is 6.93. The Balaban J connectivity index is 2.10. The average molecular weight is 440 g/mol. The normalized spacial score (nSPS) is 17.5. The van der Waals surface area contributed by atoms with Gasteiger partial charge in [0.25, 0.3) is 0 Å². The maximum Gasteiger partial charge on any atom is 0.513 e. The number of amides is 1. The minimum Gasteiger partial charge on any atom is -0.496 e. The largest absolute Gasteiger partial charge is 0.513 e. The van der Waals surface area contributed by atoms with Gasteiger partial charge in [-0.15, -0.1) is 5.92 Å². The van der Waals surface area contributed by atoms with Gasteiger partial charge in [-0.1, -0.05) is 5.92 Å². The Morgan fingerprint density at radius 3 is 2.38 bits per heavy atom. The summed E-state index contributed by atoms with van der Waals surface area (Å²) < 4.78 is 15.9. The number of benzene rings is 1. The second-order valence-electron chi connectivity index (χ2n) is 8.38. The third-order valence-corrected chi connectivity index (χ3v) is 6.31. The van der Waals surface area contributed by atoms with E-state index < -0.39 is 6.16 Å². The van der Waals surface area contributed by atoms with Gasteiger partial charge in [0.1, 0.15) is 11.5 Å². The minimum atomic E-state index is -0.867. The molecule has 1 spiro atoms. The van der Waals surface area contributed by atoms with E-state index >= 15 is 0 Å². The maximum atomic E-state index is 13.5. The molecule has 0 radical (unpaired) electrons. The predicted octanol–water partition coefficient (Wildman–Crippen LogP) is 3.86. The highest BCUT2D eigenvalue weighted by atomic mass is 16.7. The van der Waals surface area contributed by atoms with Gasteiger partial charge < -0.3 is 19.1 Å². The molecule has 1 heterocycles. The summed E-state index contributed by atoms with van der Waals surface area (Å²) in [6, 6.07) is 3.67. The van der Waals surface area contributed by atoms with E-state index in [9.17, 15) is 14.4 Å². The molecule has 1 aliphatic heterocycles. The van der Waals surface area contributed by atoms with Crippen molar-refractivity contribution < 1.29 is 28.6 Å². The molecular weight excluding hydrogens is 410 g/mol. The molecule has 1 aliphatic carbocycles. The number of hydrogen-bond acceptors (Lipinski definition) is 6. The van der Waals surface area contributed by atoms with Crippen LogP contribution in [0.3, 0.4) is 0 Å². The van der Waals surface area contributed by atoms with Crippen molar-refractivity contribution in [1.29, 1.82) is 0 Å². The van der Waals surface area contributed by atoms with Crippen LogP contribution in [0.15, 0.2) is 17.9 Å². The molecule has 1 aromatic rings. The lowest BCUT2D eigenvalue weighted by molar-refractivity contribution is -0.131. The molecule has 2 aliphatic rings. The van der Waals surface area contributed by atoms with Crippen molar-refractivity contribution in [3.05, 3.63) is 34.6 Å². The molecule has 32 heavy (non-hydrogen) atoms. The number of allylic oxidation sites excluding steroid dienone is 2. The number of piperidine rings is 1. The lowest BCUT2D eigenvalue weighted by atomic mass is 9.66. The highest BCUT2D eigenvalue weighted by Gasteiger charge is 2.45. The third kappa shape index (κ3) is 4.64. The summed E-state index contributed by atoms with van der Waals surface area (Å²) >= 11 is 0. The third-order valence-electron chi connectivity index (χ3n) is 6.31. The number of hydrogen-bond donors (Lipinski definition) is 0. The summed E-state index contributed by atoms with van der Waals surface area (Å²) in [5, 5.41) is 0. The fourth-order valence-corrected chi connectivity index (χ4v) is 4.69. The molecule has 0 aromatic heterocycles. The van der Waals surface area contributed by atoms with E-state index in [1.54, 1.807) is 24.8 Å². The van der Waals surface area contributed by atoms with Crippen molar-refractivity contribution in [1.82, 2.24) is 4.90 Å².